The van der Waals surface area contributed by atoms with Crippen molar-refractivity contribution < 1.29 is 4.74 Å². The fraction of sp³-hybridized carbons (Fsp3) is 0.0909. The van der Waals surface area contributed by atoms with E-state index in [2.05, 4.69) is 15.0 Å². The Labute approximate surface area is 92.4 Å². The lowest BCUT2D eigenvalue weighted by Gasteiger charge is -2.04. The quantitative estimate of drug-likeness (QED) is 0.752. The Morgan fingerprint density at radius 1 is 1.19 bits per heavy atom. The summed E-state index contributed by atoms with van der Waals surface area (Å²) in [4.78, 5) is 12.2. The van der Waals surface area contributed by atoms with Gasteiger partial charge in [0.1, 0.15) is 17.5 Å². The molecule has 2 aromatic heterocycles. The van der Waals surface area contributed by atoms with Crippen LogP contribution in [-0.4, -0.2) is 22.1 Å². The monoisotopic (exact) mass is 212 g/mol. The molecule has 0 aromatic carbocycles. The van der Waals surface area contributed by atoms with E-state index in [0.29, 0.717) is 17.3 Å². The molecule has 0 aliphatic heterocycles. The predicted octanol–water partition coefficient (Wildman–Crippen LogP) is 1.42. The van der Waals surface area contributed by atoms with Crippen molar-refractivity contribution in [3.8, 4) is 23.2 Å². The van der Waals surface area contributed by atoms with Crippen molar-refractivity contribution in [1.82, 2.24) is 15.0 Å². The molecule has 0 bridgehead atoms. The zero-order valence-electron chi connectivity index (χ0n) is 8.58. The van der Waals surface area contributed by atoms with Crippen molar-refractivity contribution in [2.75, 3.05) is 7.11 Å². The number of pyridine rings is 1. The van der Waals surface area contributed by atoms with Crippen LogP contribution in [0.15, 0.2) is 30.7 Å². The highest BCUT2D eigenvalue weighted by Crippen LogP contribution is 2.23. The van der Waals surface area contributed by atoms with E-state index in [1.165, 1.54) is 7.11 Å². The summed E-state index contributed by atoms with van der Waals surface area (Å²) < 4.78 is 5.09. The SMILES string of the molecule is COc1nccnc1-c1ccc(C#N)nc1. The summed E-state index contributed by atoms with van der Waals surface area (Å²) in [5, 5.41) is 8.63. The van der Waals surface area contributed by atoms with E-state index < -0.39 is 0 Å². The fourth-order valence-electron chi connectivity index (χ4n) is 1.27. The fourth-order valence-corrected chi connectivity index (χ4v) is 1.27. The van der Waals surface area contributed by atoms with E-state index in [-0.39, 0.29) is 0 Å². The van der Waals surface area contributed by atoms with E-state index in [1.54, 1.807) is 30.7 Å². The summed E-state index contributed by atoms with van der Waals surface area (Å²) in [7, 11) is 1.53. The maximum atomic E-state index is 8.63. The molecule has 2 heterocycles. The molecule has 78 valence electrons. The zero-order valence-corrected chi connectivity index (χ0v) is 8.58. The maximum Gasteiger partial charge on any atom is 0.240 e. The Hall–Kier alpha value is -2.48. The minimum Gasteiger partial charge on any atom is -0.479 e. The molecule has 0 aliphatic carbocycles. The molecule has 2 rings (SSSR count). The first-order valence-electron chi connectivity index (χ1n) is 4.56. The van der Waals surface area contributed by atoms with Crippen molar-refractivity contribution in [3.63, 3.8) is 0 Å². The predicted molar refractivity (Wildman–Crippen MR) is 56.5 cm³/mol. The molecule has 0 unspecified atom stereocenters. The second kappa shape index (κ2) is 4.36. The Morgan fingerprint density at radius 3 is 2.62 bits per heavy atom. The van der Waals surface area contributed by atoms with Gasteiger partial charge < -0.3 is 4.74 Å². The van der Waals surface area contributed by atoms with Crippen LogP contribution >= 0.6 is 0 Å². The lowest BCUT2D eigenvalue weighted by molar-refractivity contribution is 0.398. The van der Waals surface area contributed by atoms with Gasteiger partial charge in [-0.25, -0.2) is 15.0 Å². The van der Waals surface area contributed by atoms with Gasteiger partial charge in [0, 0.05) is 24.2 Å². The molecule has 0 amide bonds. The highest BCUT2D eigenvalue weighted by atomic mass is 16.5. The van der Waals surface area contributed by atoms with Gasteiger partial charge in [-0.15, -0.1) is 0 Å². The summed E-state index contributed by atoms with van der Waals surface area (Å²) in [6.07, 6.45) is 4.71. The molecule has 0 saturated carbocycles. The third kappa shape index (κ3) is 1.81. The van der Waals surface area contributed by atoms with Crippen LogP contribution in [0.1, 0.15) is 5.69 Å². The van der Waals surface area contributed by atoms with Crippen molar-refractivity contribution in [2.45, 2.75) is 0 Å². The first kappa shape index (κ1) is 10.1. The Bertz CT molecular complexity index is 530. The average Bonchev–Trinajstić information content (AvgIpc) is 2.39. The van der Waals surface area contributed by atoms with Crippen molar-refractivity contribution >= 4 is 0 Å². The molecule has 0 atom stereocenters. The molecule has 0 aliphatic rings. The van der Waals surface area contributed by atoms with Crippen LogP contribution in [-0.2, 0) is 0 Å². The standard InChI is InChI=1S/C11H8N4O/c1-16-11-10(13-4-5-14-11)8-2-3-9(6-12)15-7-8/h2-5,7H,1H3. The maximum absolute atomic E-state index is 8.63. The number of methoxy groups -OCH3 is 1. The van der Waals surface area contributed by atoms with Gasteiger partial charge in [0.2, 0.25) is 5.88 Å². The minimum absolute atomic E-state index is 0.367. The zero-order chi connectivity index (χ0) is 11.4. The molecule has 0 radical (unpaired) electrons. The number of ether oxygens (including phenoxy) is 1. The molecule has 0 saturated heterocycles. The molecule has 2 aromatic rings. The van der Waals surface area contributed by atoms with Gasteiger partial charge >= 0.3 is 0 Å². The van der Waals surface area contributed by atoms with Crippen LogP contribution in [0.5, 0.6) is 5.88 Å². The van der Waals surface area contributed by atoms with Crippen LogP contribution in [0, 0.1) is 11.3 Å². The summed E-state index contributed by atoms with van der Waals surface area (Å²) in [6.45, 7) is 0. The van der Waals surface area contributed by atoms with Crippen LogP contribution in [0.3, 0.4) is 0 Å². The number of hydrogen-bond donors (Lipinski definition) is 0. The summed E-state index contributed by atoms with van der Waals surface area (Å²) in [6, 6.07) is 5.35. The number of nitrogens with zero attached hydrogens (tertiary/aromatic N) is 4. The summed E-state index contributed by atoms with van der Waals surface area (Å²) >= 11 is 0. The minimum atomic E-state index is 0.367. The largest absolute Gasteiger partial charge is 0.479 e. The van der Waals surface area contributed by atoms with Gasteiger partial charge in [-0.1, -0.05) is 0 Å². The van der Waals surface area contributed by atoms with Crippen LogP contribution in [0.4, 0.5) is 0 Å². The molecule has 5 heteroatoms. The van der Waals surface area contributed by atoms with Gasteiger partial charge in [-0.05, 0) is 12.1 Å². The normalized spacial score (nSPS) is 9.50. The van der Waals surface area contributed by atoms with Crippen molar-refractivity contribution in [1.29, 1.82) is 5.26 Å². The first-order chi connectivity index (χ1) is 7.85. The Morgan fingerprint density at radius 2 is 2.00 bits per heavy atom. The van der Waals surface area contributed by atoms with Crippen LogP contribution < -0.4 is 4.74 Å². The molecular formula is C11H8N4O. The van der Waals surface area contributed by atoms with Gasteiger partial charge in [0.05, 0.1) is 7.11 Å². The Balaban J connectivity index is 2.47. The lowest BCUT2D eigenvalue weighted by Crippen LogP contribution is -1.94. The van der Waals surface area contributed by atoms with Gasteiger partial charge in [0.15, 0.2) is 0 Å². The van der Waals surface area contributed by atoms with Gasteiger partial charge in [-0.2, -0.15) is 5.26 Å². The number of rotatable bonds is 2. The molecule has 16 heavy (non-hydrogen) atoms. The Kier molecular flexibility index (Phi) is 2.74. The number of nitriles is 1. The van der Waals surface area contributed by atoms with E-state index in [4.69, 9.17) is 10.00 Å². The van der Waals surface area contributed by atoms with Crippen LogP contribution in [0.2, 0.25) is 0 Å². The number of aromatic nitrogens is 3. The van der Waals surface area contributed by atoms with Crippen molar-refractivity contribution in [3.05, 3.63) is 36.4 Å². The first-order valence-corrected chi connectivity index (χ1v) is 4.56. The van der Waals surface area contributed by atoms with Crippen LogP contribution in [0.25, 0.3) is 11.3 Å². The highest BCUT2D eigenvalue weighted by molar-refractivity contribution is 5.63. The average molecular weight is 212 g/mol. The van der Waals surface area contributed by atoms with Gasteiger partial charge in [0.25, 0.3) is 0 Å². The topological polar surface area (TPSA) is 71.7 Å². The summed E-state index contributed by atoms with van der Waals surface area (Å²) in [5.74, 6) is 0.439. The smallest absolute Gasteiger partial charge is 0.240 e. The lowest BCUT2D eigenvalue weighted by atomic mass is 10.2. The third-order valence-electron chi connectivity index (χ3n) is 2.01. The van der Waals surface area contributed by atoms with E-state index in [9.17, 15) is 0 Å². The van der Waals surface area contributed by atoms with E-state index in [0.717, 1.165) is 5.56 Å². The third-order valence-corrected chi connectivity index (χ3v) is 2.01. The second-order valence-corrected chi connectivity index (χ2v) is 2.96. The second-order valence-electron chi connectivity index (χ2n) is 2.96. The molecular weight excluding hydrogens is 204 g/mol. The van der Waals surface area contributed by atoms with E-state index >= 15 is 0 Å². The van der Waals surface area contributed by atoms with Gasteiger partial charge in [-0.3, -0.25) is 0 Å². The molecule has 0 spiro atoms. The number of hydrogen-bond acceptors (Lipinski definition) is 5. The van der Waals surface area contributed by atoms with E-state index in [1.807, 2.05) is 6.07 Å². The molecule has 0 fully saturated rings. The molecule has 5 nitrogen and oxygen atoms in total. The highest BCUT2D eigenvalue weighted by Gasteiger charge is 2.08. The molecule has 0 N–H and O–H groups in total. The summed E-state index contributed by atoms with van der Waals surface area (Å²) in [5.41, 5.74) is 1.75. The van der Waals surface area contributed by atoms with Crippen molar-refractivity contribution in [2.24, 2.45) is 0 Å².